The van der Waals surface area contributed by atoms with Crippen molar-refractivity contribution in [3.8, 4) is 17.1 Å². The first kappa shape index (κ1) is 17.0. The van der Waals surface area contributed by atoms with Crippen LogP contribution in [-0.4, -0.2) is 34.7 Å². The summed E-state index contributed by atoms with van der Waals surface area (Å²) < 4.78 is 5.32. The van der Waals surface area contributed by atoms with Crippen molar-refractivity contribution in [2.24, 2.45) is 0 Å². The normalized spacial score (nSPS) is 12.4. The largest absolute Gasteiger partial charge is 0.497 e. The molecule has 2 N–H and O–H groups in total. The van der Waals surface area contributed by atoms with Gasteiger partial charge in [0.05, 0.1) is 30.3 Å². The average molecular weight is 360 g/mol. The fourth-order valence-electron chi connectivity index (χ4n) is 3.31. The van der Waals surface area contributed by atoms with E-state index in [4.69, 9.17) is 4.74 Å². The molecular formula is C21H20N4O2. The number of aromatic amines is 1. The topological polar surface area (TPSA) is 79.9 Å². The fraction of sp³-hybridized carbons (Fsp3) is 0.190. The third-order valence-electron chi connectivity index (χ3n) is 4.72. The van der Waals surface area contributed by atoms with Crippen molar-refractivity contribution in [2.45, 2.75) is 12.8 Å². The molecule has 0 unspecified atom stereocenters. The van der Waals surface area contributed by atoms with Gasteiger partial charge in [0.25, 0.3) is 5.91 Å². The van der Waals surface area contributed by atoms with E-state index in [0.717, 1.165) is 18.6 Å². The lowest BCUT2D eigenvalue weighted by Crippen LogP contribution is -2.24. The number of fused-ring (bicyclic) bond motifs is 1. The molecular weight excluding hydrogens is 340 g/mol. The molecule has 2 aromatic heterocycles. The number of methoxy groups -OCH3 is 1. The van der Waals surface area contributed by atoms with E-state index < -0.39 is 0 Å². The van der Waals surface area contributed by atoms with Crippen LogP contribution in [0.4, 0.5) is 0 Å². The maximum atomic E-state index is 12.6. The number of nitrogens with one attached hydrogen (secondary N) is 2. The molecule has 0 bridgehead atoms. The summed E-state index contributed by atoms with van der Waals surface area (Å²) in [7, 11) is 1.67. The zero-order chi connectivity index (χ0) is 18.6. The molecule has 136 valence electrons. The summed E-state index contributed by atoms with van der Waals surface area (Å²) in [5, 5.41) is 9.85. The van der Waals surface area contributed by atoms with E-state index in [1.165, 1.54) is 22.9 Å². The van der Waals surface area contributed by atoms with Crippen LogP contribution in [0, 0.1) is 0 Å². The minimum atomic E-state index is -0.158. The van der Waals surface area contributed by atoms with Crippen LogP contribution in [-0.2, 0) is 6.42 Å². The van der Waals surface area contributed by atoms with Crippen molar-refractivity contribution in [3.05, 3.63) is 71.6 Å². The Morgan fingerprint density at radius 3 is 3.04 bits per heavy atom. The second-order valence-corrected chi connectivity index (χ2v) is 6.34. The van der Waals surface area contributed by atoms with Crippen molar-refractivity contribution < 1.29 is 9.53 Å². The molecule has 4 rings (SSSR count). The first-order valence-electron chi connectivity index (χ1n) is 8.85. The van der Waals surface area contributed by atoms with E-state index in [1.807, 2.05) is 24.3 Å². The van der Waals surface area contributed by atoms with Crippen LogP contribution in [0.5, 0.6) is 5.75 Å². The number of hydrogen-bond donors (Lipinski definition) is 2. The van der Waals surface area contributed by atoms with Crippen LogP contribution in [0.2, 0.25) is 0 Å². The van der Waals surface area contributed by atoms with Crippen molar-refractivity contribution in [1.82, 2.24) is 20.5 Å². The highest BCUT2D eigenvalue weighted by Gasteiger charge is 2.17. The summed E-state index contributed by atoms with van der Waals surface area (Å²) in [6.45, 7) is 0.550. The molecule has 1 aliphatic carbocycles. The number of pyridine rings is 1. The number of rotatable bonds is 6. The molecule has 6 heteroatoms. The summed E-state index contributed by atoms with van der Waals surface area (Å²) in [5.41, 5.74) is 5.56. The molecule has 0 aliphatic heterocycles. The molecule has 1 amide bonds. The Morgan fingerprint density at radius 2 is 2.22 bits per heavy atom. The highest BCUT2D eigenvalue weighted by molar-refractivity contribution is 5.99. The monoisotopic (exact) mass is 360 g/mol. The number of allylic oxidation sites excluding steroid dienone is 1. The first-order chi connectivity index (χ1) is 13.3. The van der Waals surface area contributed by atoms with E-state index >= 15 is 0 Å². The average Bonchev–Trinajstić information content (AvgIpc) is 3.35. The van der Waals surface area contributed by atoms with Crippen LogP contribution < -0.4 is 10.1 Å². The van der Waals surface area contributed by atoms with Gasteiger partial charge in [-0.15, -0.1) is 0 Å². The Balaban J connectivity index is 1.40. The number of hydrogen-bond acceptors (Lipinski definition) is 4. The molecule has 1 aromatic carbocycles. The number of benzene rings is 1. The number of nitrogens with zero attached hydrogens (tertiary/aromatic N) is 2. The highest BCUT2D eigenvalue weighted by Crippen LogP contribution is 2.32. The molecule has 0 saturated heterocycles. The molecule has 2 heterocycles. The van der Waals surface area contributed by atoms with Crippen LogP contribution in [0.15, 0.2) is 54.9 Å². The smallest absolute Gasteiger partial charge is 0.255 e. The Bertz CT molecular complexity index is 992. The van der Waals surface area contributed by atoms with Gasteiger partial charge in [0.15, 0.2) is 0 Å². The lowest BCUT2D eigenvalue weighted by molar-refractivity contribution is 0.0955. The van der Waals surface area contributed by atoms with Crippen molar-refractivity contribution in [2.75, 3.05) is 13.7 Å². The van der Waals surface area contributed by atoms with Gasteiger partial charge < -0.3 is 10.1 Å². The number of amides is 1. The van der Waals surface area contributed by atoms with Crippen molar-refractivity contribution in [1.29, 1.82) is 0 Å². The Labute approximate surface area is 157 Å². The second-order valence-electron chi connectivity index (χ2n) is 6.34. The maximum absolute atomic E-state index is 12.6. The maximum Gasteiger partial charge on any atom is 0.255 e. The molecule has 0 radical (unpaired) electrons. The fourth-order valence-corrected chi connectivity index (χ4v) is 3.31. The van der Waals surface area contributed by atoms with Crippen LogP contribution in [0.3, 0.4) is 0 Å². The van der Waals surface area contributed by atoms with Crippen LogP contribution in [0.1, 0.15) is 27.9 Å². The summed E-state index contributed by atoms with van der Waals surface area (Å²) in [6.07, 6.45) is 7.13. The predicted molar refractivity (Wildman–Crippen MR) is 103 cm³/mol. The minimum absolute atomic E-state index is 0.158. The van der Waals surface area contributed by atoms with Crippen LogP contribution >= 0.6 is 0 Å². The van der Waals surface area contributed by atoms with Crippen molar-refractivity contribution in [3.63, 3.8) is 0 Å². The van der Waals surface area contributed by atoms with Gasteiger partial charge in [-0.1, -0.05) is 18.2 Å². The summed E-state index contributed by atoms with van der Waals surface area (Å²) in [5.74, 6) is 0.692. The molecule has 27 heavy (non-hydrogen) atoms. The van der Waals surface area contributed by atoms with Crippen LogP contribution in [0.25, 0.3) is 17.0 Å². The number of H-pyrrole nitrogens is 1. The van der Waals surface area contributed by atoms with E-state index in [9.17, 15) is 4.79 Å². The van der Waals surface area contributed by atoms with E-state index in [0.29, 0.717) is 23.5 Å². The standard InChI is InChI=1S/C21H20N4O2/c1-27-16-8-7-14-5-6-15(17(14)12-16)9-11-23-21(26)18-13-24-25-20(18)19-4-2-3-10-22-19/h2-4,6-8,10,12-13H,5,9,11H2,1H3,(H,23,26)(H,24,25). The van der Waals surface area contributed by atoms with Gasteiger partial charge in [0.2, 0.25) is 0 Å². The van der Waals surface area contributed by atoms with Gasteiger partial charge in [-0.25, -0.2) is 0 Å². The van der Waals surface area contributed by atoms with E-state index in [-0.39, 0.29) is 5.91 Å². The minimum Gasteiger partial charge on any atom is -0.497 e. The lowest BCUT2D eigenvalue weighted by Gasteiger charge is -2.09. The number of carbonyl (C=O) groups excluding carboxylic acids is 1. The molecule has 1 aliphatic rings. The van der Waals surface area contributed by atoms with E-state index in [2.05, 4.69) is 38.7 Å². The third-order valence-corrected chi connectivity index (χ3v) is 4.72. The zero-order valence-corrected chi connectivity index (χ0v) is 15.0. The number of aromatic nitrogens is 3. The Morgan fingerprint density at radius 1 is 1.30 bits per heavy atom. The molecule has 6 nitrogen and oxygen atoms in total. The first-order valence-corrected chi connectivity index (χ1v) is 8.85. The number of ether oxygens (including phenoxy) is 1. The summed E-state index contributed by atoms with van der Waals surface area (Å²) in [4.78, 5) is 16.9. The van der Waals surface area contributed by atoms with Gasteiger partial charge in [-0.05, 0) is 53.8 Å². The second kappa shape index (κ2) is 7.45. The quantitative estimate of drug-likeness (QED) is 0.707. The molecule has 0 saturated carbocycles. The van der Waals surface area contributed by atoms with Gasteiger partial charge in [-0.2, -0.15) is 5.10 Å². The molecule has 3 aromatic rings. The van der Waals surface area contributed by atoms with Gasteiger partial charge in [-0.3, -0.25) is 14.9 Å². The van der Waals surface area contributed by atoms with Crippen molar-refractivity contribution >= 4 is 11.5 Å². The molecule has 0 spiro atoms. The Kier molecular flexibility index (Phi) is 4.70. The van der Waals surface area contributed by atoms with Gasteiger partial charge in [0, 0.05) is 12.7 Å². The predicted octanol–water partition coefficient (Wildman–Crippen LogP) is 3.24. The molecule has 0 atom stereocenters. The molecule has 0 fully saturated rings. The SMILES string of the molecule is COc1ccc2c(c1)C(CCNC(=O)c1cn[nH]c1-c1ccccn1)=CC2. The number of carbonyl (C=O) groups is 1. The summed E-state index contributed by atoms with van der Waals surface area (Å²) in [6, 6.07) is 11.7. The highest BCUT2D eigenvalue weighted by atomic mass is 16.5. The third kappa shape index (κ3) is 3.46. The van der Waals surface area contributed by atoms with Gasteiger partial charge >= 0.3 is 0 Å². The zero-order valence-electron chi connectivity index (χ0n) is 15.0. The van der Waals surface area contributed by atoms with E-state index in [1.54, 1.807) is 13.3 Å². The lowest BCUT2D eigenvalue weighted by atomic mass is 10.0. The van der Waals surface area contributed by atoms with Gasteiger partial charge in [0.1, 0.15) is 5.75 Å². The Hall–Kier alpha value is -3.41. The summed E-state index contributed by atoms with van der Waals surface area (Å²) >= 11 is 0.